The predicted octanol–water partition coefficient (Wildman–Crippen LogP) is 1.94. The van der Waals surface area contributed by atoms with Crippen molar-refractivity contribution in [1.29, 1.82) is 0 Å². The first-order valence-electron chi connectivity index (χ1n) is 7.98. The highest BCUT2D eigenvalue weighted by Crippen LogP contribution is 2.06. The Hall–Kier alpha value is -2.96. The molecule has 0 fully saturated rings. The van der Waals surface area contributed by atoms with E-state index in [4.69, 9.17) is 0 Å². The van der Waals surface area contributed by atoms with E-state index in [-0.39, 0.29) is 23.2 Å². The fraction of sp³-hybridized carbons (Fsp3) is 0.294. The molecule has 7 nitrogen and oxygen atoms in total. The van der Waals surface area contributed by atoms with Gasteiger partial charge in [-0.2, -0.15) is 9.50 Å². The summed E-state index contributed by atoms with van der Waals surface area (Å²) < 4.78 is 1.23. The fourth-order valence-electron chi connectivity index (χ4n) is 2.46. The van der Waals surface area contributed by atoms with Crippen molar-refractivity contribution in [2.45, 2.75) is 32.6 Å². The second kappa shape index (κ2) is 7.08. The molecule has 0 radical (unpaired) electrons. The summed E-state index contributed by atoms with van der Waals surface area (Å²) in [7, 11) is 0. The van der Waals surface area contributed by atoms with Gasteiger partial charge >= 0.3 is 0 Å². The first-order chi connectivity index (χ1) is 11.7. The van der Waals surface area contributed by atoms with Crippen LogP contribution in [0.4, 0.5) is 5.95 Å². The van der Waals surface area contributed by atoms with Crippen molar-refractivity contribution in [3.63, 3.8) is 0 Å². The van der Waals surface area contributed by atoms with E-state index < -0.39 is 0 Å². The summed E-state index contributed by atoms with van der Waals surface area (Å²) in [4.78, 5) is 32.6. The molecule has 0 unspecified atom stereocenters. The first kappa shape index (κ1) is 15.9. The van der Waals surface area contributed by atoms with Gasteiger partial charge in [-0.25, -0.2) is 4.98 Å². The summed E-state index contributed by atoms with van der Waals surface area (Å²) in [5.41, 5.74) is 1.57. The van der Waals surface area contributed by atoms with Crippen molar-refractivity contribution >= 4 is 17.6 Å². The highest BCUT2D eigenvalue weighted by molar-refractivity contribution is 5.89. The van der Waals surface area contributed by atoms with Crippen LogP contribution in [0, 0.1) is 0 Å². The first-order valence-corrected chi connectivity index (χ1v) is 7.98. The molecule has 24 heavy (non-hydrogen) atoms. The standard InChI is InChI=1S/C17H19N5O2/c1-2-6-13-11-15(24)22-17(18-13)20-16(21-22)19-14(23)10-9-12-7-4-3-5-8-12/h3-5,7-8,11H,2,6,9-10H2,1H3,(H2,18,19,20,21,23). The molecule has 124 valence electrons. The molecule has 3 rings (SSSR count). The molecule has 0 aliphatic heterocycles. The summed E-state index contributed by atoms with van der Waals surface area (Å²) in [6.07, 6.45) is 2.60. The molecule has 7 heteroatoms. The van der Waals surface area contributed by atoms with Gasteiger partial charge in [0.1, 0.15) is 0 Å². The van der Waals surface area contributed by atoms with Crippen molar-refractivity contribution in [2.24, 2.45) is 0 Å². The number of rotatable bonds is 6. The average molecular weight is 325 g/mol. The van der Waals surface area contributed by atoms with Crippen molar-refractivity contribution in [2.75, 3.05) is 5.32 Å². The van der Waals surface area contributed by atoms with Crippen LogP contribution in [0.1, 0.15) is 31.0 Å². The van der Waals surface area contributed by atoms with Gasteiger partial charge in [0.2, 0.25) is 11.9 Å². The number of carbonyl (C=O) groups excluding carboxylic acids is 1. The minimum Gasteiger partial charge on any atom is -0.295 e. The highest BCUT2D eigenvalue weighted by atomic mass is 16.2. The molecule has 1 aromatic carbocycles. The molecule has 1 amide bonds. The number of nitrogens with zero attached hydrogens (tertiary/aromatic N) is 3. The normalized spacial score (nSPS) is 10.9. The van der Waals surface area contributed by atoms with E-state index in [0.717, 1.165) is 18.4 Å². The van der Waals surface area contributed by atoms with E-state index in [9.17, 15) is 9.59 Å². The number of hydrogen-bond acceptors (Lipinski definition) is 4. The Morgan fingerprint density at radius 1 is 1.21 bits per heavy atom. The lowest BCUT2D eigenvalue weighted by Crippen LogP contribution is -2.16. The SMILES string of the molecule is CCCc1cc(=O)n2[nH]c(NC(=O)CCc3ccccc3)nc2n1. The van der Waals surface area contributed by atoms with Gasteiger partial charge in [-0.15, -0.1) is 0 Å². The van der Waals surface area contributed by atoms with E-state index in [0.29, 0.717) is 18.5 Å². The van der Waals surface area contributed by atoms with Crippen molar-refractivity contribution in [1.82, 2.24) is 19.6 Å². The van der Waals surface area contributed by atoms with Gasteiger partial charge in [0.05, 0.1) is 5.69 Å². The Morgan fingerprint density at radius 3 is 2.75 bits per heavy atom. The summed E-state index contributed by atoms with van der Waals surface area (Å²) in [6.45, 7) is 2.02. The lowest BCUT2D eigenvalue weighted by molar-refractivity contribution is -0.116. The number of anilines is 1. The van der Waals surface area contributed by atoms with Crippen LogP contribution in [0.15, 0.2) is 41.2 Å². The molecule has 0 bridgehead atoms. The number of H-pyrrole nitrogens is 1. The lowest BCUT2D eigenvalue weighted by Gasteiger charge is -2.01. The Balaban J connectivity index is 1.69. The van der Waals surface area contributed by atoms with Gasteiger partial charge in [-0.3, -0.25) is 20.0 Å². The maximum absolute atomic E-state index is 12.0. The number of fused-ring (bicyclic) bond motifs is 1. The smallest absolute Gasteiger partial charge is 0.274 e. The summed E-state index contributed by atoms with van der Waals surface area (Å²) in [6, 6.07) is 11.3. The molecule has 0 atom stereocenters. The topological polar surface area (TPSA) is 92.2 Å². The largest absolute Gasteiger partial charge is 0.295 e. The maximum atomic E-state index is 12.0. The Kier molecular flexibility index (Phi) is 4.69. The molecule has 2 aromatic heterocycles. The van der Waals surface area contributed by atoms with Crippen LogP contribution in [0.3, 0.4) is 0 Å². The number of benzene rings is 1. The van der Waals surface area contributed by atoms with Crippen molar-refractivity contribution in [3.8, 4) is 0 Å². The van der Waals surface area contributed by atoms with E-state index in [1.807, 2.05) is 37.3 Å². The molecular formula is C17H19N5O2. The van der Waals surface area contributed by atoms with E-state index in [1.54, 1.807) is 0 Å². The predicted molar refractivity (Wildman–Crippen MR) is 91.0 cm³/mol. The molecule has 0 saturated carbocycles. The second-order valence-electron chi connectivity index (χ2n) is 5.58. The van der Waals surface area contributed by atoms with Gasteiger partial charge in [-0.1, -0.05) is 43.7 Å². The number of aromatic amines is 1. The molecular weight excluding hydrogens is 306 g/mol. The number of hydrogen-bond donors (Lipinski definition) is 2. The van der Waals surface area contributed by atoms with Crippen molar-refractivity contribution in [3.05, 3.63) is 58.0 Å². The van der Waals surface area contributed by atoms with E-state index >= 15 is 0 Å². The van der Waals surface area contributed by atoms with Gasteiger partial charge in [0, 0.05) is 12.5 Å². The quantitative estimate of drug-likeness (QED) is 0.724. The number of aryl methyl sites for hydroxylation is 2. The minimum absolute atomic E-state index is 0.167. The van der Waals surface area contributed by atoms with Crippen LogP contribution in [0.2, 0.25) is 0 Å². The Morgan fingerprint density at radius 2 is 2.00 bits per heavy atom. The molecule has 0 saturated heterocycles. The van der Waals surface area contributed by atoms with Gasteiger partial charge < -0.3 is 0 Å². The number of amides is 1. The third-order valence-electron chi connectivity index (χ3n) is 3.63. The zero-order valence-electron chi connectivity index (χ0n) is 13.5. The molecule has 0 aliphatic carbocycles. The molecule has 2 heterocycles. The van der Waals surface area contributed by atoms with Gasteiger partial charge in [0.15, 0.2) is 0 Å². The monoisotopic (exact) mass is 325 g/mol. The molecule has 0 spiro atoms. The summed E-state index contributed by atoms with van der Waals surface area (Å²) in [5.74, 6) is 0.329. The maximum Gasteiger partial charge on any atom is 0.274 e. The van der Waals surface area contributed by atoms with Crippen LogP contribution in [0.25, 0.3) is 5.78 Å². The summed E-state index contributed by atoms with van der Waals surface area (Å²) in [5, 5.41) is 5.44. The lowest BCUT2D eigenvalue weighted by atomic mass is 10.1. The molecule has 2 N–H and O–H groups in total. The minimum atomic E-state index is -0.235. The third-order valence-corrected chi connectivity index (χ3v) is 3.63. The average Bonchev–Trinajstić information content (AvgIpc) is 2.97. The van der Waals surface area contributed by atoms with E-state index in [2.05, 4.69) is 20.4 Å². The number of aromatic nitrogens is 4. The fourth-order valence-corrected chi connectivity index (χ4v) is 2.46. The Bertz CT molecular complexity index is 898. The number of nitrogens with one attached hydrogen (secondary N) is 2. The second-order valence-corrected chi connectivity index (χ2v) is 5.58. The van der Waals surface area contributed by atoms with Crippen LogP contribution in [-0.4, -0.2) is 25.5 Å². The van der Waals surface area contributed by atoms with E-state index in [1.165, 1.54) is 10.6 Å². The highest BCUT2D eigenvalue weighted by Gasteiger charge is 2.10. The zero-order chi connectivity index (χ0) is 16.9. The summed E-state index contributed by atoms with van der Waals surface area (Å²) >= 11 is 0. The van der Waals surface area contributed by atoms with Crippen LogP contribution in [0.5, 0.6) is 0 Å². The molecule has 3 aromatic rings. The van der Waals surface area contributed by atoms with Crippen molar-refractivity contribution < 1.29 is 4.79 Å². The van der Waals surface area contributed by atoms with Crippen LogP contribution < -0.4 is 10.9 Å². The van der Waals surface area contributed by atoms with Gasteiger partial charge in [0.25, 0.3) is 11.3 Å². The van der Waals surface area contributed by atoms with Crippen LogP contribution >= 0.6 is 0 Å². The number of carbonyl (C=O) groups is 1. The third kappa shape index (κ3) is 3.68. The Labute approximate surface area is 138 Å². The molecule has 0 aliphatic rings. The zero-order valence-corrected chi connectivity index (χ0v) is 13.5. The van der Waals surface area contributed by atoms with Gasteiger partial charge in [-0.05, 0) is 18.4 Å². The van der Waals surface area contributed by atoms with Crippen LogP contribution in [-0.2, 0) is 17.6 Å².